The van der Waals surface area contributed by atoms with Gasteiger partial charge in [0.05, 0.1) is 12.3 Å². The van der Waals surface area contributed by atoms with Crippen molar-refractivity contribution in [1.29, 1.82) is 0 Å². The number of esters is 1. The molecule has 1 unspecified atom stereocenters. The van der Waals surface area contributed by atoms with E-state index in [1.54, 1.807) is 42.5 Å². The first-order valence-corrected chi connectivity index (χ1v) is 11.0. The molecule has 0 radical (unpaired) electrons. The van der Waals surface area contributed by atoms with E-state index < -0.39 is 18.0 Å². The van der Waals surface area contributed by atoms with Crippen LogP contribution in [0.4, 0.5) is 5.69 Å². The second kappa shape index (κ2) is 11.7. The second-order valence-corrected chi connectivity index (χ2v) is 7.68. The normalized spacial score (nSPS) is 11.5. The minimum absolute atomic E-state index is 0.241. The summed E-state index contributed by atoms with van der Waals surface area (Å²) in [6.45, 7) is 6.12. The Morgan fingerprint density at radius 2 is 1.45 bits per heavy atom. The summed E-state index contributed by atoms with van der Waals surface area (Å²) in [4.78, 5) is 25.8. The highest BCUT2D eigenvalue weighted by Gasteiger charge is 2.26. The van der Waals surface area contributed by atoms with Gasteiger partial charge in [-0.05, 0) is 36.6 Å². The summed E-state index contributed by atoms with van der Waals surface area (Å²) in [5.41, 5.74) is 2.05. The largest absolute Gasteiger partial charge is 0.492 e. The number of para-hydroxylation sites is 3. The third kappa shape index (κ3) is 6.59. The van der Waals surface area contributed by atoms with Gasteiger partial charge in [-0.3, -0.25) is 4.79 Å². The molecule has 33 heavy (non-hydrogen) atoms. The average Bonchev–Trinajstić information content (AvgIpc) is 2.83. The Bertz CT molecular complexity index is 1060. The molecule has 0 aliphatic heterocycles. The Morgan fingerprint density at radius 3 is 2.15 bits per heavy atom. The number of hydrogen-bond donors (Lipinski definition) is 1. The smallest absolute Gasteiger partial charge is 0.345 e. The van der Waals surface area contributed by atoms with Gasteiger partial charge in [0, 0.05) is 5.56 Å². The van der Waals surface area contributed by atoms with E-state index in [-0.39, 0.29) is 12.5 Å². The van der Waals surface area contributed by atoms with Gasteiger partial charge in [0.25, 0.3) is 5.91 Å². The lowest BCUT2D eigenvalue weighted by Gasteiger charge is -2.20. The van der Waals surface area contributed by atoms with Crippen molar-refractivity contribution in [2.24, 2.45) is 0 Å². The zero-order valence-corrected chi connectivity index (χ0v) is 19.1. The maximum absolute atomic E-state index is 13.1. The van der Waals surface area contributed by atoms with E-state index in [0.717, 1.165) is 5.56 Å². The number of anilines is 1. The summed E-state index contributed by atoms with van der Waals surface area (Å²) in [6.07, 6.45) is -1.14. The SMILES string of the molecule is CCOc1ccccc1NC(=O)C(OC(=O)COc1ccccc1C(C)C)c1ccccc1. The molecule has 172 valence electrons. The zero-order valence-electron chi connectivity index (χ0n) is 19.1. The van der Waals surface area contributed by atoms with E-state index in [1.165, 1.54) is 0 Å². The number of carbonyl (C=O) groups excluding carboxylic acids is 2. The van der Waals surface area contributed by atoms with Crippen molar-refractivity contribution in [2.75, 3.05) is 18.5 Å². The third-order valence-corrected chi connectivity index (χ3v) is 4.92. The fourth-order valence-electron chi connectivity index (χ4n) is 3.34. The van der Waals surface area contributed by atoms with E-state index in [2.05, 4.69) is 19.2 Å². The molecule has 0 aliphatic carbocycles. The second-order valence-electron chi connectivity index (χ2n) is 7.68. The van der Waals surface area contributed by atoms with Crippen molar-refractivity contribution >= 4 is 17.6 Å². The minimum atomic E-state index is -1.14. The lowest BCUT2D eigenvalue weighted by molar-refractivity contribution is -0.156. The molecule has 0 saturated heterocycles. The number of hydrogen-bond acceptors (Lipinski definition) is 5. The van der Waals surface area contributed by atoms with Gasteiger partial charge in [0.2, 0.25) is 6.10 Å². The summed E-state index contributed by atoms with van der Waals surface area (Å²) in [6, 6.07) is 23.5. The van der Waals surface area contributed by atoms with Crippen LogP contribution in [-0.4, -0.2) is 25.1 Å². The summed E-state index contributed by atoms with van der Waals surface area (Å²) in [5, 5.41) is 2.82. The summed E-state index contributed by atoms with van der Waals surface area (Å²) in [5.74, 6) is 0.279. The van der Waals surface area contributed by atoms with Crippen LogP contribution in [0.5, 0.6) is 11.5 Å². The molecule has 0 heterocycles. The lowest BCUT2D eigenvalue weighted by Crippen LogP contribution is -2.28. The predicted molar refractivity (Wildman–Crippen MR) is 128 cm³/mol. The van der Waals surface area contributed by atoms with Crippen molar-refractivity contribution in [1.82, 2.24) is 0 Å². The topological polar surface area (TPSA) is 73.9 Å². The molecule has 0 aliphatic rings. The Kier molecular flexibility index (Phi) is 8.47. The number of amides is 1. The molecular weight excluding hydrogens is 418 g/mol. The standard InChI is InChI=1S/C27H29NO5/c1-4-31-24-17-11-9-15-22(24)28-27(30)26(20-12-6-5-7-13-20)33-25(29)18-32-23-16-10-8-14-21(23)19(2)3/h5-17,19,26H,4,18H2,1-3H3,(H,28,30). The van der Waals surface area contributed by atoms with E-state index >= 15 is 0 Å². The fraction of sp³-hybridized carbons (Fsp3) is 0.259. The first-order chi connectivity index (χ1) is 16.0. The van der Waals surface area contributed by atoms with Crippen molar-refractivity contribution in [2.45, 2.75) is 32.8 Å². The van der Waals surface area contributed by atoms with E-state index in [0.29, 0.717) is 29.4 Å². The van der Waals surface area contributed by atoms with Crippen LogP contribution >= 0.6 is 0 Å². The molecule has 0 spiro atoms. The van der Waals surface area contributed by atoms with Crippen molar-refractivity contribution in [3.8, 4) is 11.5 Å². The first-order valence-electron chi connectivity index (χ1n) is 11.0. The quantitative estimate of drug-likeness (QED) is 0.415. The van der Waals surface area contributed by atoms with Gasteiger partial charge < -0.3 is 19.5 Å². The minimum Gasteiger partial charge on any atom is -0.492 e. The van der Waals surface area contributed by atoms with Gasteiger partial charge in [0.1, 0.15) is 11.5 Å². The van der Waals surface area contributed by atoms with Crippen molar-refractivity contribution in [3.05, 3.63) is 90.0 Å². The van der Waals surface area contributed by atoms with Gasteiger partial charge in [0.15, 0.2) is 6.61 Å². The molecule has 6 nitrogen and oxygen atoms in total. The van der Waals surface area contributed by atoms with Crippen molar-refractivity contribution < 1.29 is 23.8 Å². The monoisotopic (exact) mass is 447 g/mol. The molecular formula is C27H29NO5. The Hall–Kier alpha value is -3.80. The van der Waals surface area contributed by atoms with Crippen molar-refractivity contribution in [3.63, 3.8) is 0 Å². The first kappa shape index (κ1) is 23.9. The highest BCUT2D eigenvalue weighted by atomic mass is 16.6. The molecule has 3 aromatic rings. The fourth-order valence-corrected chi connectivity index (χ4v) is 3.34. The number of rotatable bonds is 10. The highest BCUT2D eigenvalue weighted by molar-refractivity contribution is 5.97. The summed E-state index contributed by atoms with van der Waals surface area (Å²) < 4.78 is 16.9. The van der Waals surface area contributed by atoms with Crippen LogP contribution in [0, 0.1) is 0 Å². The van der Waals surface area contributed by atoms with Gasteiger partial charge in [-0.25, -0.2) is 4.79 Å². The van der Waals surface area contributed by atoms with Gasteiger partial charge >= 0.3 is 5.97 Å². The van der Waals surface area contributed by atoms with Crippen LogP contribution < -0.4 is 14.8 Å². The molecule has 3 rings (SSSR count). The van der Waals surface area contributed by atoms with Crippen LogP contribution in [0.2, 0.25) is 0 Å². The molecule has 3 aromatic carbocycles. The molecule has 6 heteroatoms. The van der Waals surface area contributed by atoms with Gasteiger partial charge in [-0.15, -0.1) is 0 Å². The molecule has 1 atom stereocenters. The van der Waals surface area contributed by atoms with E-state index in [1.807, 2.05) is 43.3 Å². The Balaban J connectivity index is 1.74. The lowest BCUT2D eigenvalue weighted by atomic mass is 10.0. The molecule has 0 fully saturated rings. The Labute approximate surface area is 194 Å². The number of carbonyl (C=O) groups is 2. The summed E-state index contributed by atoms with van der Waals surface area (Å²) >= 11 is 0. The Morgan fingerprint density at radius 1 is 0.818 bits per heavy atom. The molecule has 1 amide bonds. The van der Waals surface area contributed by atoms with Crippen LogP contribution in [0.1, 0.15) is 43.9 Å². The average molecular weight is 448 g/mol. The number of nitrogens with one attached hydrogen (secondary N) is 1. The highest BCUT2D eigenvalue weighted by Crippen LogP contribution is 2.28. The van der Waals surface area contributed by atoms with Crippen LogP contribution in [-0.2, 0) is 14.3 Å². The molecule has 1 N–H and O–H groups in total. The maximum Gasteiger partial charge on any atom is 0.345 e. The maximum atomic E-state index is 13.1. The van der Waals surface area contributed by atoms with Gasteiger partial charge in [-0.1, -0.05) is 74.5 Å². The number of ether oxygens (including phenoxy) is 3. The molecule has 0 saturated carbocycles. The van der Waals surface area contributed by atoms with Crippen LogP contribution in [0.3, 0.4) is 0 Å². The molecule has 0 bridgehead atoms. The van der Waals surface area contributed by atoms with Crippen LogP contribution in [0.25, 0.3) is 0 Å². The molecule has 0 aromatic heterocycles. The van der Waals surface area contributed by atoms with E-state index in [4.69, 9.17) is 14.2 Å². The number of benzene rings is 3. The zero-order chi connectivity index (χ0) is 23.6. The van der Waals surface area contributed by atoms with Gasteiger partial charge in [-0.2, -0.15) is 0 Å². The third-order valence-electron chi connectivity index (χ3n) is 4.92. The predicted octanol–water partition coefficient (Wildman–Crippen LogP) is 5.51. The summed E-state index contributed by atoms with van der Waals surface area (Å²) in [7, 11) is 0. The van der Waals surface area contributed by atoms with Crippen LogP contribution in [0.15, 0.2) is 78.9 Å². The van der Waals surface area contributed by atoms with E-state index in [9.17, 15) is 9.59 Å².